The first-order valence-corrected chi connectivity index (χ1v) is 7.87. The molecule has 3 N–H and O–H groups in total. The first-order valence-electron chi connectivity index (χ1n) is 7.87. The SMILES string of the molecule is CC1NC(=O)CC(C(=O)N[C@H](C)c2ccc3ccccc3c2)N1. The predicted octanol–water partition coefficient (Wildman–Crippen LogP) is 1.84. The molecule has 0 aliphatic carbocycles. The van der Waals surface area contributed by atoms with Crippen LogP contribution in [-0.4, -0.2) is 24.0 Å². The van der Waals surface area contributed by atoms with Crippen LogP contribution in [0.5, 0.6) is 0 Å². The topological polar surface area (TPSA) is 70.2 Å². The second kappa shape index (κ2) is 6.38. The average Bonchev–Trinajstić information content (AvgIpc) is 2.53. The first-order chi connectivity index (χ1) is 11.0. The molecule has 0 radical (unpaired) electrons. The minimum absolute atomic E-state index is 0.102. The van der Waals surface area contributed by atoms with Crippen molar-refractivity contribution in [3.63, 3.8) is 0 Å². The number of carbonyl (C=O) groups excluding carboxylic acids is 2. The molecule has 3 rings (SSSR count). The molecule has 0 aromatic heterocycles. The molecule has 2 amide bonds. The van der Waals surface area contributed by atoms with E-state index in [1.165, 1.54) is 5.39 Å². The van der Waals surface area contributed by atoms with E-state index in [4.69, 9.17) is 0 Å². The zero-order valence-corrected chi connectivity index (χ0v) is 13.3. The van der Waals surface area contributed by atoms with Crippen LogP contribution in [0.25, 0.3) is 10.8 Å². The first kappa shape index (κ1) is 15.5. The zero-order chi connectivity index (χ0) is 16.4. The summed E-state index contributed by atoms with van der Waals surface area (Å²) in [4.78, 5) is 23.9. The maximum absolute atomic E-state index is 12.4. The quantitative estimate of drug-likeness (QED) is 0.810. The second-order valence-corrected chi connectivity index (χ2v) is 6.05. The lowest BCUT2D eigenvalue weighted by molar-refractivity contribution is -0.132. The lowest BCUT2D eigenvalue weighted by Crippen LogP contribution is -2.59. The molecule has 2 aromatic carbocycles. The van der Waals surface area contributed by atoms with Gasteiger partial charge in [-0.15, -0.1) is 0 Å². The van der Waals surface area contributed by atoms with Gasteiger partial charge in [0.1, 0.15) is 0 Å². The van der Waals surface area contributed by atoms with Crippen molar-refractivity contribution in [1.29, 1.82) is 0 Å². The molecule has 1 aliphatic rings. The van der Waals surface area contributed by atoms with E-state index in [-0.39, 0.29) is 30.4 Å². The van der Waals surface area contributed by atoms with E-state index in [0.29, 0.717) is 0 Å². The van der Waals surface area contributed by atoms with Crippen LogP contribution in [0.1, 0.15) is 31.9 Å². The summed E-state index contributed by atoms with van der Waals surface area (Å²) in [6.07, 6.45) is -0.0244. The van der Waals surface area contributed by atoms with Crippen LogP contribution in [0.3, 0.4) is 0 Å². The molecule has 23 heavy (non-hydrogen) atoms. The monoisotopic (exact) mass is 311 g/mol. The van der Waals surface area contributed by atoms with E-state index in [1.54, 1.807) is 0 Å². The van der Waals surface area contributed by atoms with Gasteiger partial charge in [-0.2, -0.15) is 0 Å². The van der Waals surface area contributed by atoms with Gasteiger partial charge in [0, 0.05) is 0 Å². The van der Waals surface area contributed by atoms with E-state index >= 15 is 0 Å². The largest absolute Gasteiger partial charge is 0.348 e. The van der Waals surface area contributed by atoms with Gasteiger partial charge in [0.25, 0.3) is 0 Å². The predicted molar refractivity (Wildman–Crippen MR) is 89.7 cm³/mol. The molecule has 120 valence electrons. The third-order valence-corrected chi connectivity index (χ3v) is 4.17. The molecule has 0 bridgehead atoms. The molecule has 5 heteroatoms. The van der Waals surface area contributed by atoms with Crippen molar-refractivity contribution < 1.29 is 9.59 Å². The van der Waals surface area contributed by atoms with Crippen molar-refractivity contribution in [2.24, 2.45) is 0 Å². The smallest absolute Gasteiger partial charge is 0.238 e. The Balaban J connectivity index is 1.70. The van der Waals surface area contributed by atoms with Crippen LogP contribution in [-0.2, 0) is 9.59 Å². The minimum Gasteiger partial charge on any atom is -0.348 e. The fourth-order valence-electron chi connectivity index (χ4n) is 2.93. The van der Waals surface area contributed by atoms with Gasteiger partial charge >= 0.3 is 0 Å². The fraction of sp³-hybridized carbons (Fsp3) is 0.333. The number of rotatable bonds is 3. The highest BCUT2D eigenvalue weighted by Crippen LogP contribution is 2.20. The third-order valence-electron chi connectivity index (χ3n) is 4.17. The van der Waals surface area contributed by atoms with Crippen molar-refractivity contribution >= 4 is 22.6 Å². The molecule has 1 fully saturated rings. The Labute approximate surface area is 135 Å². The summed E-state index contributed by atoms with van der Waals surface area (Å²) in [7, 11) is 0. The van der Waals surface area contributed by atoms with Gasteiger partial charge in [0.2, 0.25) is 11.8 Å². The van der Waals surface area contributed by atoms with Gasteiger partial charge in [-0.05, 0) is 36.2 Å². The van der Waals surface area contributed by atoms with Crippen LogP contribution < -0.4 is 16.0 Å². The van der Waals surface area contributed by atoms with Gasteiger partial charge in [0.15, 0.2) is 0 Å². The highest BCUT2D eigenvalue weighted by molar-refractivity contribution is 5.90. The molecule has 0 saturated carbocycles. The van der Waals surface area contributed by atoms with E-state index in [0.717, 1.165) is 10.9 Å². The number of carbonyl (C=O) groups is 2. The minimum atomic E-state index is -0.485. The second-order valence-electron chi connectivity index (χ2n) is 6.05. The number of nitrogens with one attached hydrogen (secondary N) is 3. The van der Waals surface area contributed by atoms with Gasteiger partial charge in [-0.3, -0.25) is 14.9 Å². The summed E-state index contributed by atoms with van der Waals surface area (Å²) in [5.74, 6) is -0.248. The normalized spacial score (nSPS) is 22.4. The summed E-state index contributed by atoms with van der Waals surface area (Å²) in [5.41, 5.74) is 1.05. The Hall–Kier alpha value is -2.40. The summed E-state index contributed by atoms with van der Waals surface area (Å²) in [5, 5.41) is 11.1. The molecule has 2 aromatic rings. The number of benzene rings is 2. The van der Waals surface area contributed by atoms with Crippen LogP contribution in [0.15, 0.2) is 42.5 Å². The molecule has 2 unspecified atom stereocenters. The third kappa shape index (κ3) is 3.51. The lowest BCUT2D eigenvalue weighted by Gasteiger charge is -2.29. The summed E-state index contributed by atoms with van der Waals surface area (Å²) in [6.45, 7) is 3.78. The lowest BCUT2D eigenvalue weighted by atomic mass is 10.0. The maximum Gasteiger partial charge on any atom is 0.238 e. The summed E-state index contributed by atoms with van der Waals surface area (Å²) < 4.78 is 0. The van der Waals surface area contributed by atoms with Crippen molar-refractivity contribution in [1.82, 2.24) is 16.0 Å². The summed E-state index contributed by atoms with van der Waals surface area (Å²) >= 11 is 0. The van der Waals surface area contributed by atoms with Crippen LogP contribution >= 0.6 is 0 Å². The molecule has 1 heterocycles. The zero-order valence-electron chi connectivity index (χ0n) is 13.3. The Morgan fingerprint density at radius 1 is 1.22 bits per heavy atom. The molecular weight excluding hydrogens is 290 g/mol. The van der Waals surface area contributed by atoms with Gasteiger partial charge in [-0.1, -0.05) is 36.4 Å². The number of hydrogen-bond donors (Lipinski definition) is 3. The molecule has 1 aliphatic heterocycles. The van der Waals surface area contributed by atoms with E-state index in [9.17, 15) is 9.59 Å². The van der Waals surface area contributed by atoms with Crippen LogP contribution in [0, 0.1) is 0 Å². The summed E-state index contributed by atoms with van der Waals surface area (Å²) in [6, 6.07) is 13.7. The fourth-order valence-corrected chi connectivity index (χ4v) is 2.93. The highest BCUT2D eigenvalue weighted by atomic mass is 16.2. The van der Waals surface area contributed by atoms with Gasteiger partial charge in [0.05, 0.1) is 24.7 Å². The molecular formula is C18H21N3O2. The van der Waals surface area contributed by atoms with E-state index < -0.39 is 6.04 Å². The van der Waals surface area contributed by atoms with Crippen LogP contribution in [0.4, 0.5) is 0 Å². The standard InChI is InChI=1S/C18H21N3O2/c1-11(14-8-7-13-5-3-4-6-15(13)9-14)19-18(23)16-10-17(22)21-12(2)20-16/h3-9,11-12,16,20H,10H2,1-2H3,(H,19,23)(H,21,22)/t11-,12?,16?/m1/s1. The van der Waals surface area contributed by atoms with Crippen LogP contribution in [0.2, 0.25) is 0 Å². The Kier molecular flexibility index (Phi) is 4.30. The molecule has 0 spiro atoms. The Morgan fingerprint density at radius 3 is 2.70 bits per heavy atom. The van der Waals surface area contributed by atoms with Crippen molar-refractivity contribution in [2.75, 3.05) is 0 Å². The molecule has 5 nitrogen and oxygen atoms in total. The number of hydrogen-bond acceptors (Lipinski definition) is 3. The van der Waals surface area contributed by atoms with Crippen molar-refractivity contribution in [3.05, 3.63) is 48.0 Å². The van der Waals surface area contributed by atoms with Crippen molar-refractivity contribution in [2.45, 2.75) is 38.5 Å². The molecule has 1 saturated heterocycles. The van der Waals surface area contributed by atoms with Gasteiger partial charge < -0.3 is 10.6 Å². The Bertz CT molecular complexity index is 744. The number of fused-ring (bicyclic) bond motifs is 1. The highest BCUT2D eigenvalue weighted by Gasteiger charge is 2.29. The molecule has 3 atom stereocenters. The average molecular weight is 311 g/mol. The van der Waals surface area contributed by atoms with E-state index in [2.05, 4.69) is 40.2 Å². The number of amides is 2. The van der Waals surface area contributed by atoms with E-state index in [1.807, 2.05) is 32.0 Å². The van der Waals surface area contributed by atoms with Gasteiger partial charge in [-0.25, -0.2) is 0 Å². The Morgan fingerprint density at radius 2 is 1.96 bits per heavy atom. The maximum atomic E-state index is 12.4. The van der Waals surface area contributed by atoms with Crippen molar-refractivity contribution in [3.8, 4) is 0 Å².